The van der Waals surface area contributed by atoms with Gasteiger partial charge in [-0.2, -0.15) is 0 Å². The predicted octanol–water partition coefficient (Wildman–Crippen LogP) is 2.79. The number of rotatable bonds is 3. The Morgan fingerprint density at radius 1 is 1.17 bits per heavy atom. The van der Waals surface area contributed by atoms with Crippen molar-refractivity contribution in [1.29, 1.82) is 0 Å². The molecule has 0 aliphatic carbocycles. The molecule has 0 aromatic heterocycles. The van der Waals surface area contributed by atoms with Crippen LogP contribution in [0, 0.1) is 0 Å². The van der Waals surface area contributed by atoms with Gasteiger partial charge in [-0.05, 0) is 24.4 Å². The highest BCUT2D eigenvalue weighted by molar-refractivity contribution is 9.39. The molecule has 23 heavy (non-hydrogen) atoms. The zero-order valence-electron chi connectivity index (χ0n) is 12.1. The summed E-state index contributed by atoms with van der Waals surface area (Å²) in [5, 5.41) is 6.63. The summed E-state index contributed by atoms with van der Waals surface area (Å²) in [6.07, 6.45) is -0.509. The van der Waals surface area contributed by atoms with E-state index in [2.05, 4.69) is 58.4 Å². The summed E-state index contributed by atoms with van der Waals surface area (Å²) in [5.74, 6) is -0.199. The van der Waals surface area contributed by atoms with Crippen LogP contribution in [-0.4, -0.2) is 50.5 Å². The van der Waals surface area contributed by atoms with Gasteiger partial charge in [-0.1, -0.05) is 66.0 Å². The summed E-state index contributed by atoms with van der Waals surface area (Å²) in [6, 6.07) is 9.01. The highest BCUT2D eigenvalue weighted by Gasteiger charge is 2.34. The lowest BCUT2D eigenvalue weighted by atomic mass is 10.2. The van der Waals surface area contributed by atoms with Crippen molar-refractivity contribution >= 4 is 71.0 Å². The van der Waals surface area contributed by atoms with Crippen molar-refractivity contribution in [2.45, 2.75) is 8.31 Å². The molecule has 2 rings (SSSR count). The number of ether oxygens (including phenoxy) is 1. The molecule has 5 nitrogen and oxygen atoms in total. The zero-order valence-corrected chi connectivity index (χ0v) is 17.7. The fourth-order valence-corrected chi connectivity index (χ4v) is 2.97. The van der Waals surface area contributed by atoms with Crippen molar-refractivity contribution in [3.05, 3.63) is 35.9 Å². The van der Waals surface area contributed by atoms with E-state index in [1.54, 1.807) is 12.1 Å². The second kappa shape index (κ2) is 8.75. The Bertz CT molecular complexity index is 548. The second-order valence-electron chi connectivity index (χ2n) is 4.86. The molecule has 1 fully saturated rings. The Labute approximate surface area is 165 Å². The number of carbonyl (C=O) groups excluding carboxylic acids is 1. The van der Waals surface area contributed by atoms with E-state index < -0.39 is 8.31 Å². The zero-order chi connectivity index (χ0) is 16.9. The van der Waals surface area contributed by atoms with E-state index in [4.69, 9.17) is 17.0 Å². The summed E-state index contributed by atoms with van der Waals surface area (Å²) >= 11 is 15.8. The first-order chi connectivity index (χ1) is 10.9. The van der Waals surface area contributed by atoms with Crippen LogP contribution in [0.5, 0.6) is 0 Å². The third-order valence-corrected chi connectivity index (χ3v) is 4.95. The highest BCUT2D eigenvalue weighted by atomic mass is 80.0. The van der Waals surface area contributed by atoms with Gasteiger partial charge in [-0.3, -0.25) is 4.79 Å². The Balaban J connectivity index is 2.02. The summed E-state index contributed by atoms with van der Waals surface area (Å²) in [4.78, 5) is 14.4. The van der Waals surface area contributed by atoms with Crippen LogP contribution in [0.4, 0.5) is 0 Å². The number of thiocarbonyl (C=S) groups is 1. The van der Waals surface area contributed by atoms with E-state index in [-0.39, 0.29) is 5.91 Å². The monoisotopic (exact) mass is 527 g/mol. The van der Waals surface area contributed by atoms with E-state index in [0.29, 0.717) is 23.9 Å². The number of benzene rings is 1. The molecule has 0 saturated carbocycles. The average molecular weight is 530 g/mol. The molecule has 0 spiro atoms. The third-order valence-electron chi connectivity index (χ3n) is 3.20. The van der Waals surface area contributed by atoms with Crippen LogP contribution in [0.3, 0.4) is 0 Å². The molecule has 0 bridgehead atoms. The number of morpholine rings is 1. The minimum Gasteiger partial charge on any atom is -0.378 e. The number of alkyl halides is 3. The molecule has 1 aromatic rings. The molecule has 1 amide bonds. The molecule has 1 aliphatic rings. The van der Waals surface area contributed by atoms with Crippen molar-refractivity contribution in [1.82, 2.24) is 15.5 Å². The van der Waals surface area contributed by atoms with Gasteiger partial charge >= 0.3 is 0 Å². The van der Waals surface area contributed by atoms with Gasteiger partial charge in [0.25, 0.3) is 5.91 Å². The number of amides is 1. The smallest absolute Gasteiger partial charge is 0.252 e. The number of nitrogens with one attached hydrogen (secondary N) is 2. The standard InChI is InChI=1S/C14H16Br3N3O2S/c15-14(16,17)12(18-11(21)10-4-2-1-3-5-10)19-13(23)20-6-8-22-9-7-20/h1-5,12H,6-9H2,(H,18,21)(H,19,23). The van der Waals surface area contributed by atoms with Gasteiger partial charge in [-0.15, -0.1) is 0 Å². The van der Waals surface area contributed by atoms with Crippen molar-refractivity contribution in [3.8, 4) is 0 Å². The SMILES string of the molecule is O=C(NC(NC(=S)N1CCOCC1)C(Br)(Br)Br)c1ccccc1. The lowest BCUT2D eigenvalue weighted by molar-refractivity contribution is 0.0671. The molecule has 9 heteroatoms. The molecule has 0 radical (unpaired) electrons. The van der Waals surface area contributed by atoms with E-state index >= 15 is 0 Å². The van der Waals surface area contributed by atoms with Crippen molar-refractivity contribution < 1.29 is 9.53 Å². The lowest BCUT2D eigenvalue weighted by Crippen LogP contribution is -2.58. The maximum atomic E-state index is 12.4. The van der Waals surface area contributed by atoms with Gasteiger partial charge in [-0.25, -0.2) is 0 Å². The Kier molecular flexibility index (Phi) is 7.27. The van der Waals surface area contributed by atoms with Crippen molar-refractivity contribution in [2.75, 3.05) is 26.3 Å². The summed E-state index contributed by atoms with van der Waals surface area (Å²) in [5.41, 5.74) is 0.577. The molecule has 2 N–H and O–H groups in total. The van der Waals surface area contributed by atoms with Gasteiger partial charge in [0.1, 0.15) is 6.17 Å². The second-order valence-corrected chi connectivity index (χ2v) is 12.2. The minimum absolute atomic E-state index is 0.199. The predicted molar refractivity (Wildman–Crippen MR) is 105 cm³/mol. The fraction of sp³-hybridized carbons (Fsp3) is 0.429. The van der Waals surface area contributed by atoms with E-state index in [1.165, 1.54) is 0 Å². The van der Waals surface area contributed by atoms with Gasteiger partial charge in [0, 0.05) is 18.7 Å². The van der Waals surface area contributed by atoms with Crippen molar-refractivity contribution in [2.24, 2.45) is 0 Å². The first-order valence-corrected chi connectivity index (χ1v) is 9.72. The van der Waals surface area contributed by atoms with Crippen LogP contribution >= 0.6 is 60.0 Å². The first-order valence-electron chi connectivity index (χ1n) is 6.94. The fourth-order valence-electron chi connectivity index (χ4n) is 1.98. The number of hydrogen-bond donors (Lipinski definition) is 2. The van der Waals surface area contributed by atoms with Crippen LogP contribution in [0.25, 0.3) is 0 Å². The molecule has 1 atom stereocenters. The number of carbonyl (C=O) groups is 1. The summed E-state index contributed by atoms with van der Waals surface area (Å²) in [7, 11) is 0. The molecule has 1 saturated heterocycles. The first kappa shape index (κ1) is 19.1. The van der Waals surface area contributed by atoms with Crippen LogP contribution in [-0.2, 0) is 4.74 Å². The highest BCUT2D eigenvalue weighted by Crippen LogP contribution is 2.36. The van der Waals surface area contributed by atoms with Crippen LogP contribution in [0.1, 0.15) is 10.4 Å². The Hall–Kier alpha value is -0.220. The average Bonchev–Trinajstić information content (AvgIpc) is 2.54. The van der Waals surface area contributed by atoms with E-state index in [9.17, 15) is 4.79 Å². The van der Waals surface area contributed by atoms with Crippen molar-refractivity contribution in [3.63, 3.8) is 0 Å². The number of nitrogens with zero attached hydrogens (tertiary/aromatic N) is 1. The van der Waals surface area contributed by atoms with Crippen LogP contribution < -0.4 is 10.6 Å². The molecular formula is C14H16Br3N3O2S. The number of hydrogen-bond acceptors (Lipinski definition) is 3. The van der Waals surface area contributed by atoms with Gasteiger partial charge in [0.2, 0.25) is 0 Å². The summed E-state index contributed by atoms with van der Waals surface area (Å²) < 4.78 is 4.58. The minimum atomic E-state index is -0.742. The summed E-state index contributed by atoms with van der Waals surface area (Å²) in [6.45, 7) is 2.74. The van der Waals surface area contributed by atoms with Gasteiger partial charge < -0.3 is 20.3 Å². The molecule has 1 heterocycles. The quantitative estimate of drug-likeness (QED) is 0.358. The molecule has 1 aliphatic heterocycles. The largest absolute Gasteiger partial charge is 0.378 e. The molecule has 126 valence electrons. The van der Waals surface area contributed by atoms with Gasteiger partial charge in [0.15, 0.2) is 7.26 Å². The number of halogens is 3. The Morgan fingerprint density at radius 2 is 1.78 bits per heavy atom. The molecule has 1 unspecified atom stereocenters. The van der Waals surface area contributed by atoms with Crippen LogP contribution in [0.2, 0.25) is 0 Å². The maximum absolute atomic E-state index is 12.4. The van der Waals surface area contributed by atoms with E-state index in [0.717, 1.165) is 13.1 Å². The normalized spacial score (nSPS) is 16.6. The van der Waals surface area contributed by atoms with E-state index in [1.807, 2.05) is 23.1 Å². The Morgan fingerprint density at radius 3 is 2.35 bits per heavy atom. The molecular weight excluding hydrogens is 514 g/mol. The maximum Gasteiger partial charge on any atom is 0.252 e. The van der Waals surface area contributed by atoms with Crippen LogP contribution in [0.15, 0.2) is 30.3 Å². The molecule has 1 aromatic carbocycles. The topological polar surface area (TPSA) is 53.6 Å². The lowest BCUT2D eigenvalue weighted by Gasteiger charge is -2.34. The van der Waals surface area contributed by atoms with Gasteiger partial charge in [0.05, 0.1) is 13.2 Å². The third kappa shape index (κ3) is 5.97.